The van der Waals surface area contributed by atoms with E-state index in [1.54, 1.807) is 17.2 Å². The highest BCUT2D eigenvalue weighted by Crippen LogP contribution is 2.30. The lowest BCUT2D eigenvalue weighted by molar-refractivity contribution is 0.200. The first-order chi connectivity index (χ1) is 11.6. The van der Waals surface area contributed by atoms with Gasteiger partial charge in [0.1, 0.15) is 11.5 Å². The summed E-state index contributed by atoms with van der Waals surface area (Å²) in [6, 6.07) is 10.1. The molecule has 0 atom stereocenters. The fraction of sp³-hybridized carbons (Fsp3) is 0.222. The number of urea groups is 1. The molecule has 2 aromatic heterocycles. The van der Waals surface area contributed by atoms with Gasteiger partial charge in [0.25, 0.3) is 0 Å². The molecular weight excluding hydrogens is 307 g/mol. The standard InChI is InChI=1S/C18H17FN4O/c19-13-4-1-3-12(9-13)10-23-16-11-22(18(20)24)8-6-14(16)15-5-2-7-21-17(15)23/h1-5,7,9H,6,8,10-11H2,(H2,20,24). The molecule has 0 radical (unpaired) electrons. The lowest BCUT2D eigenvalue weighted by Crippen LogP contribution is -2.40. The minimum absolute atomic E-state index is 0.260. The number of fused-ring (bicyclic) bond motifs is 3. The quantitative estimate of drug-likeness (QED) is 0.787. The van der Waals surface area contributed by atoms with Crippen molar-refractivity contribution in [3.8, 4) is 0 Å². The highest BCUT2D eigenvalue weighted by atomic mass is 19.1. The number of carbonyl (C=O) groups excluding carboxylic acids is 1. The number of pyridine rings is 1. The molecule has 5 nitrogen and oxygen atoms in total. The van der Waals surface area contributed by atoms with Crippen molar-refractivity contribution in [1.82, 2.24) is 14.5 Å². The van der Waals surface area contributed by atoms with Gasteiger partial charge in [0, 0.05) is 30.4 Å². The molecule has 0 spiro atoms. The number of hydrogen-bond donors (Lipinski definition) is 1. The van der Waals surface area contributed by atoms with Gasteiger partial charge in [-0.2, -0.15) is 0 Å². The van der Waals surface area contributed by atoms with Gasteiger partial charge in [0.15, 0.2) is 0 Å². The van der Waals surface area contributed by atoms with Gasteiger partial charge >= 0.3 is 6.03 Å². The summed E-state index contributed by atoms with van der Waals surface area (Å²) in [4.78, 5) is 17.7. The molecule has 3 aromatic rings. The molecule has 4 rings (SSSR count). The van der Waals surface area contributed by atoms with E-state index in [2.05, 4.69) is 9.55 Å². The van der Waals surface area contributed by atoms with E-state index in [-0.39, 0.29) is 5.82 Å². The zero-order valence-corrected chi connectivity index (χ0v) is 13.1. The van der Waals surface area contributed by atoms with Crippen LogP contribution in [0.1, 0.15) is 16.8 Å². The minimum atomic E-state index is -0.420. The maximum absolute atomic E-state index is 13.5. The first-order valence-electron chi connectivity index (χ1n) is 7.87. The number of nitrogens with two attached hydrogens (primary N) is 1. The first kappa shape index (κ1) is 14.7. The average molecular weight is 324 g/mol. The zero-order valence-electron chi connectivity index (χ0n) is 13.1. The second-order valence-corrected chi connectivity index (χ2v) is 6.03. The highest BCUT2D eigenvalue weighted by molar-refractivity contribution is 5.83. The van der Waals surface area contributed by atoms with E-state index in [0.29, 0.717) is 19.6 Å². The monoisotopic (exact) mass is 324 g/mol. The average Bonchev–Trinajstić information content (AvgIpc) is 2.89. The van der Waals surface area contributed by atoms with Crippen LogP contribution in [0.4, 0.5) is 9.18 Å². The van der Waals surface area contributed by atoms with Crippen molar-refractivity contribution in [3.63, 3.8) is 0 Å². The fourth-order valence-corrected chi connectivity index (χ4v) is 3.44. The van der Waals surface area contributed by atoms with Gasteiger partial charge in [-0.3, -0.25) is 0 Å². The summed E-state index contributed by atoms with van der Waals surface area (Å²) >= 11 is 0. The Bertz CT molecular complexity index is 934. The Labute approximate surface area is 138 Å². The van der Waals surface area contributed by atoms with Crippen molar-refractivity contribution in [2.45, 2.75) is 19.5 Å². The molecular formula is C18H17FN4O. The lowest BCUT2D eigenvalue weighted by Gasteiger charge is -2.27. The summed E-state index contributed by atoms with van der Waals surface area (Å²) in [6.07, 6.45) is 2.50. The van der Waals surface area contributed by atoms with E-state index < -0.39 is 6.03 Å². The number of primary amides is 1. The van der Waals surface area contributed by atoms with E-state index in [9.17, 15) is 9.18 Å². The molecule has 2 N–H and O–H groups in total. The lowest BCUT2D eigenvalue weighted by atomic mass is 10.0. The van der Waals surface area contributed by atoms with Gasteiger partial charge in [-0.15, -0.1) is 0 Å². The van der Waals surface area contributed by atoms with Crippen LogP contribution in [0.2, 0.25) is 0 Å². The summed E-state index contributed by atoms with van der Waals surface area (Å²) in [7, 11) is 0. The molecule has 1 aromatic carbocycles. The van der Waals surface area contributed by atoms with Crippen LogP contribution in [0, 0.1) is 5.82 Å². The number of rotatable bonds is 2. The van der Waals surface area contributed by atoms with Gasteiger partial charge in [-0.1, -0.05) is 12.1 Å². The molecule has 6 heteroatoms. The maximum Gasteiger partial charge on any atom is 0.315 e. The summed E-state index contributed by atoms with van der Waals surface area (Å²) in [5.74, 6) is -0.260. The third kappa shape index (κ3) is 2.40. The maximum atomic E-state index is 13.5. The molecule has 0 fully saturated rings. The van der Waals surface area contributed by atoms with E-state index in [1.165, 1.54) is 17.7 Å². The Morgan fingerprint density at radius 2 is 2.17 bits per heavy atom. The largest absolute Gasteiger partial charge is 0.351 e. The number of amides is 2. The molecule has 0 bridgehead atoms. The number of nitrogens with zero attached hydrogens (tertiary/aromatic N) is 3. The van der Waals surface area contributed by atoms with Crippen molar-refractivity contribution >= 4 is 17.1 Å². The van der Waals surface area contributed by atoms with Gasteiger partial charge in [-0.05, 0) is 41.8 Å². The Kier molecular flexibility index (Phi) is 3.45. The predicted molar refractivity (Wildman–Crippen MR) is 88.9 cm³/mol. The SMILES string of the molecule is NC(=O)N1CCc2c(n(Cc3cccc(F)c3)c3ncccc23)C1. The van der Waals surface area contributed by atoms with Crippen molar-refractivity contribution in [3.05, 3.63) is 65.2 Å². The second kappa shape index (κ2) is 5.63. The van der Waals surface area contributed by atoms with Crippen LogP contribution >= 0.6 is 0 Å². The minimum Gasteiger partial charge on any atom is -0.351 e. The molecule has 1 aliphatic heterocycles. The predicted octanol–water partition coefficient (Wildman–Crippen LogP) is 2.66. The fourth-order valence-electron chi connectivity index (χ4n) is 3.44. The van der Waals surface area contributed by atoms with Crippen LogP contribution in [0.15, 0.2) is 42.6 Å². The van der Waals surface area contributed by atoms with Crippen molar-refractivity contribution in [1.29, 1.82) is 0 Å². The number of carbonyl (C=O) groups is 1. The molecule has 1 aliphatic rings. The Hall–Kier alpha value is -2.89. The summed E-state index contributed by atoms with van der Waals surface area (Å²) < 4.78 is 15.6. The Balaban J connectivity index is 1.85. The molecule has 2 amide bonds. The van der Waals surface area contributed by atoms with Crippen LogP contribution in [-0.4, -0.2) is 27.0 Å². The van der Waals surface area contributed by atoms with Crippen LogP contribution in [0.5, 0.6) is 0 Å². The van der Waals surface area contributed by atoms with Crippen LogP contribution in [0.25, 0.3) is 11.0 Å². The van der Waals surface area contributed by atoms with E-state index in [1.807, 2.05) is 18.2 Å². The van der Waals surface area contributed by atoms with Crippen LogP contribution in [0.3, 0.4) is 0 Å². The second-order valence-electron chi connectivity index (χ2n) is 6.03. The number of halogens is 1. The van der Waals surface area contributed by atoms with Crippen LogP contribution < -0.4 is 5.73 Å². The topological polar surface area (TPSA) is 64.2 Å². The summed E-state index contributed by atoms with van der Waals surface area (Å²) in [6.45, 7) is 1.57. The summed E-state index contributed by atoms with van der Waals surface area (Å²) in [5.41, 5.74) is 9.40. The number of aromatic nitrogens is 2. The van der Waals surface area contributed by atoms with Crippen LogP contribution in [-0.2, 0) is 19.5 Å². The van der Waals surface area contributed by atoms with Gasteiger partial charge in [-0.25, -0.2) is 14.2 Å². The molecule has 3 heterocycles. The normalized spacial score (nSPS) is 14.0. The van der Waals surface area contributed by atoms with Gasteiger partial charge < -0.3 is 15.2 Å². The molecule has 122 valence electrons. The third-order valence-corrected chi connectivity index (χ3v) is 4.56. The zero-order chi connectivity index (χ0) is 16.7. The molecule has 0 saturated carbocycles. The van der Waals surface area contributed by atoms with Crippen molar-refractivity contribution in [2.75, 3.05) is 6.54 Å². The highest BCUT2D eigenvalue weighted by Gasteiger charge is 2.26. The molecule has 24 heavy (non-hydrogen) atoms. The smallest absolute Gasteiger partial charge is 0.315 e. The molecule has 0 aliphatic carbocycles. The third-order valence-electron chi connectivity index (χ3n) is 4.56. The van der Waals surface area contributed by atoms with E-state index >= 15 is 0 Å². The van der Waals surface area contributed by atoms with Crippen molar-refractivity contribution in [2.24, 2.45) is 5.73 Å². The van der Waals surface area contributed by atoms with E-state index in [4.69, 9.17) is 5.73 Å². The Morgan fingerprint density at radius 3 is 2.96 bits per heavy atom. The van der Waals surface area contributed by atoms with Gasteiger partial charge in [0.2, 0.25) is 0 Å². The van der Waals surface area contributed by atoms with Crippen molar-refractivity contribution < 1.29 is 9.18 Å². The summed E-state index contributed by atoms with van der Waals surface area (Å²) in [5, 5.41) is 1.09. The number of hydrogen-bond acceptors (Lipinski definition) is 2. The molecule has 0 saturated heterocycles. The van der Waals surface area contributed by atoms with E-state index in [0.717, 1.165) is 28.7 Å². The van der Waals surface area contributed by atoms with Gasteiger partial charge in [0.05, 0.1) is 6.54 Å². The molecule has 0 unspecified atom stereocenters. The Morgan fingerprint density at radius 1 is 1.29 bits per heavy atom. The number of benzene rings is 1. The first-order valence-corrected chi connectivity index (χ1v) is 7.87.